The normalized spacial score (nSPS) is 18.7. The van der Waals surface area contributed by atoms with E-state index in [0.29, 0.717) is 25.5 Å². The number of benzene rings is 2. The van der Waals surface area contributed by atoms with Crippen LogP contribution >= 0.6 is 22.7 Å². The molecule has 3 N–H and O–H groups in total. The molecule has 3 aliphatic rings. The molecule has 290 valence electrons. The molecule has 0 saturated carbocycles. The number of hydrogen-bond acceptors (Lipinski definition) is 11. The van der Waals surface area contributed by atoms with Gasteiger partial charge in [-0.15, -0.1) is 22.7 Å². The van der Waals surface area contributed by atoms with Gasteiger partial charge in [0.1, 0.15) is 17.7 Å². The molecule has 6 heterocycles. The zero-order chi connectivity index (χ0) is 39.1. The molecule has 14 nitrogen and oxygen atoms in total. The second kappa shape index (κ2) is 15.5. The Morgan fingerprint density at radius 2 is 1.46 bits per heavy atom. The number of aromatic nitrogens is 2. The molecule has 3 aliphatic heterocycles. The van der Waals surface area contributed by atoms with Crippen molar-refractivity contribution >= 4 is 78.5 Å². The van der Waals surface area contributed by atoms with Gasteiger partial charge in [0.05, 0.1) is 50.5 Å². The van der Waals surface area contributed by atoms with Crippen LogP contribution in [-0.2, 0) is 14.3 Å². The molecule has 5 aromatic rings. The number of H-pyrrole nitrogens is 1. The number of amides is 5. The van der Waals surface area contributed by atoms with E-state index in [2.05, 4.69) is 67.5 Å². The molecule has 0 radical (unpaired) electrons. The van der Waals surface area contributed by atoms with Crippen molar-refractivity contribution in [2.75, 3.05) is 33.9 Å². The molecule has 2 saturated heterocycles. The zero-order valence-corrected chi connectivity index (χ0v) is 33.1. The van der Waals surface area contributed by atoms with E-state index < -0.39 is 24.3 Å². The highest BCUT2D eigenvalue weighted by Crippen LogP contribution is 2.43. The Morgan fingerprint density at radius 1 is 0.821 bits per heavy atom. The van der Waals surface area contributed by atoms with Crippen LogP contribution in [0.15, 0.2) is 63.3 Å². The van der Waals surface area contributed by atoms with Gasteiger partial charge in [0.2, 0.25) is 5.91 Å². The smallest absolute Gasteiger partial charge is 0.415 e. The number of nitrogens with one attached hydrogen (secondary N) is 3. The molecule has 3 atom stereocenters. The number of methoxy groups -OCH3 is 2. The number of ether oxygens (including phenoxy) is 2. The van der Waals surface area contributed by atoms with E-state index in [-0.39, 0.29) is 23.9 Å². The topological polar surface area (TPSA) is 171 Å². The minimum Gasteiger partial charge on any atom is -0.453 e. The summed E-state index contributed by atoms with van der Waals surface area (Å²) in [6.07, 6.45) is 3.55. The quantitative estimate of drug-likeness (QED) is 0.147. The van der Waals surface area contributed by atoms with Crippen LogP contribution in [0, 0.1) is 5.92 Å². The highest BCUT2D eigenvalue weighted by atomic mass is 32.1. The number of urea groups is 1. The summed E-state index contributed by atoms with van der Waals surface area (Å²) in [4.78, 5) is 71.6. The summed E-state index contributed by atoms with van der Waals surface area (Å²) < 4.78 is 11.7. The summed E-state index contributed by atoms with van der Waals surface area (Å²) in [5, 5.41) is 11.4. The first-order chi connectivity index (χ1) is 27.2. The van der Waals surface area contributed by atoms with Gasteiger partial charge in [-0.05, 0) is 60.1 Å². The number of nitrogens with zero attached hydrogens (tertiary/aromatic N) is 5. The summed E-state index contributed by atoms with van der Waals surface area (Å²) in [6.45, 7) is 5.32. The fraction of sp³-hybridized carbons (Fsp3) is 0.375. The second-order valence-corrected chi connectivity index (χ2v) is 16.2. The van der Waals surface area contributed by atoms with E-state index >= 15 is 0 Å². The number of rotatable bonds is 8. The second-order valence-electron chi connectivity index (χ2n) is 14.4. The van der Waals surface area contributed by atoms with Crippen molar-refractivity contribution in [1.29, 1.82) is 0 Å². The standard InChI is InChI=1S/C40H42N8O6S2/c1-21(2)32(45-39(51)53-3)37(49)47-15-5-7-30(47)35-41-19-28(43-35)23-10-11-24(33-26(23)14-18-55-33)22-9-12-27(34-25(22)13-17-56-34)29-20-42-36(44-29)31-8-6-16-48(31)38(50)46-40(52)54-4/h9-14,17-19,21,30-32H,5-8,15-16,20H2,1-4H3,(H,41,43)(H,45,51)(H,46,50,52)/t30-,31-,32+/m1/s1. The third kappa shape index (κ3) is 6.80. The third-order valence-corrected chi connectivity index (χ3v) is 12.7. The van der Waals surface area contributed by atoms with E-state index in [1.54, 1.807) is 27.6 Å². The van der Waals surface area contributed by atoms with Gasteiger partial charge in [-0.2, -0.15) is 0 Å². The van der Waals surface area contributed by atoms with Gasteiger partial charge in [-0.3, -0.25) is 9.79 Å². The van der Waals surface area contributed by atoms with Gasteiger partial charge in [0, 0.05) is 50.0 Å². The first kappa shape index (κ1) is 37.3. The van der Waals surface area contributed by atoms with Crippen LogP contribution in [0.4, 0.5) is 14.4 Å². The Morgan fingerprint density at radius 3 is 2.20 bits per heavy atom. The Kier molecular flexibility index (Phi) is 10.3. The van der Waals surface area contributed by atoms with Gasteiger partial charge < -0.3 is 29.6 Å². The number of carbonyl (C=O) groups is 4. The lowest BCUT2D eigenvalue weighted by atomic mass is 9.95. The van der Waals surface area contributed by atoms with E-state index in [0.717, 1.165) is 85.3 Å². The molecule has 56 heavy (non-hydrogen) atoms. The monoisotopic (exact) mass is 794 g/mol. The zero-order valence-electron chi connectivity index (χ0n) is 31.5. The van der Waals surface area contributed by atoms with Crippen LogP contribution in [0.2, 0.25) is 0 Å². The number of aliphatic imine (C=N–C) groups is 2. The van der Waals surface area contributed by atoms with Gasteiger partial charge in [0.25, 0.3) is 0 Å². The van der Waals surface area contributed by atoms with Crippen molar-refractivity contribution < 1.29 is 28.7 Å². The van der Waals surface area contributed by atoms with E-state index in [1.165, 1.54) is 14.2 Å². The Balaban J connectivity index is 1.05. The summed E-state index contributed by atoms with van der Waals surface area (Å²) >= 11 is 3.36. The Hall–Kier alpha value is -5.61. The predicted octanol–water partition coefficient (Wildman–Crippen LogP) is 7.36. The minimum absolute atomic E-state index is 0.115. The maximum atomic E-state index is 13.7. The van der Waals surface area contributed by atoms with Gasteiger partial charge in [-0.1, -0.05) is 38.1 Å². The lowest BCUT2D eigenvalue weighted by Gasteiger charge is -2.30. The number of fused-ring (bicyclic) bond motifs is 2. The van der Waals surface area contributed by atoms with Gasteiger partial charge in [0.15, 0.2) is 0 Å². The lowest BCUT2D eigenvalue weighted by Crippen LogP contribution is -2.51. The molecular weight excluding hydrogens is 753 g/mol. The summed E-state index contributed by atoms with van der Waals surface area (Å²) in [6, 6.07) is 11.1. The molecule has 0 unspecified atom stereocenters. The molecule has 0 bridgehead atoms. The first-order valence-corrected chi connectivity index (χ1v) is 20.4. The lowest BCUT2D eigenvalue weighted by molar-refractivity contribution is -0.135. The number of alkyl carbamates (subject to hydrolysis) is 2. The summed E-state index contributed by atoms with van der Waals surface area (Å²) in [7, 11) is 2.52. The van der Waals surface area contributed by atoms with Crippen molar-refractivity contribution in [2.24, 2.45) is 15.9 Å². The molecular formula is C40H42N8O6S2. The van der Waals surface area contributed by atoms with Crippen LogP contribution in [0.25, 0.3) is 42.6 Å². The maximum absolute atomic E-state index is 13.7. The van der Waals surface area contributed by atoms with E-state index in [1.807, 2.05) is 24.9 Å². The number of thiophene rings is 2. The number of amidine groups is 1. The Bertz CT molecular complexity index is 2410. The highest BCUT2D eigenvalue weighted by molar-refractivity contribution is 7.18. The van der Waals surface area contributed by atoms with Crippen LogP contribution < -0.4 is 10.6 Å². The third-order valence-electron chi connectivity index (χ3n) is 10.8. The van der Waals surface area contributed by atoms with Gasteiger partial charge >= 0.3 is 18.2 Å². The van der Waals surface area contributed by atoms with Crippen LogP contribution in [0.5, 0.6) is 0 Å². The average molecular weight is 795 g/mol. The molecule has 5 amide bonds. The number of carbonyl (C=O) groups excluding carboxylic acids is 4. The summed E-state index contributed by atoms with van der Waals surface area (Å²) in [5.41, 5.74) is 6.02. The van der Waals surface area contributed by atoms with Crippen molar-refractivity contribution in [3.63, 3.8) is 0 Å². The molecule has 2 aromatic carbocycles. The molecule has 2 fully saturated rings. The largest absolute Gasteiger partial charge is 0.453 e. The molecule has 16 heteroatoms. The SMILES string of the molecule is COC(=O)NC(=O)N1CCC[C@@H]1C1=NCC(c2ccc(-c3ccc(-c4cnc([C@H]5CCCN5C(=O)[C@@H](NC(=O)OC)C(C)C)[nH]4)c4ccsc34)c3ccsc23)=N1. The van der Waals surface area contributed by atoms with Gasteiger partial charge in [-0.25, -0.2) is 29.7 Å². The minimum atomic E-state index is -0.794. The molecule has 0 aliphatic carbocycles. The van der Waals surface area contributed by atoms with Crippen molar-refractivity contribution in [2.45, 2.75) is 57.7 Å². The fourth-order valence-electron chi connectivity index (χ4n) is 8.05. The van der Waals surface area contributed by atoms with Crippen LogP contribution in [0.3, 0.4) is 0 Å². The number of imidazole rings is 1. The highest BCUT2D eigenvalue weighted by Gasteiger charge is 2.38. The van der Waals surface area contributed by atoms with Crippen LogP contribution in [-0.4, -0.2) is 101 Å². The fourth-order valence-corrected chi connectivity index (χ4v) is 9.96. The molecule has 0 spiro atoms. The molecule has 8 rings (SSSR count). The number of likely N-dealkylation sites (tertiary alicyclic amines) is 2. The summed E-state index contributed by atoms with van der Waals surface area (Å²) in [5.74, 6) is 1.07. The van der Waals surface area contributed by atoms with Crippen molar-refractivity contribution in [3.05, 3.63) is 64.7 Å². The average Bonchev–Trinajstić information content (AvgIpc) is 4.05. The Labute approximate surface area is 331 Å². The van der Waals surface area contributed by atoms with E-state index in [4.69, 9.17) is 19.7 Å². The van der Waals surface area contributed by atoms with Crippen LogP contribution in [0.1, 0.15) is 57.0 Å². The predicted molar refractivity (Wildman–Crippen MR) is 218 cm³/mol. The maximum Gasteiger partial charge on any atom is 0.415 e. The van der Waals surface area contributed by atoms with E-state index in [9.17, 15) is 19.2 Å². The number of hydrogen-bond donors (Lipinski definition) is 3. The van der Waals surface area contributed by atoms with Crippen molar-refractivity contribution in [1.82, 2.24) is 30.4 Å². The number of imide groups is 1. The number of aromatic amines is 1. The van der Waals surface area contributed by atoms with Crippen molar-refractivity contribution in [3.8, 4) is 22.4 Å². The molecule has 3 aromatic heterocycles. The first-order valence-electron chi connectivity index (χ1n) is 18.7.